The summed E-state index contributed by atoms with van der Waals surface area (Å²) in [4.78, 5) is 22.8. The number of aromatic amines is 1. The average molecular weight is 431 g/mol. The maximum atomic E-state index is 13.7. The van der Waals surface area contributed by atoms with E-state index in [-0.39, 0.29) is 23.2 Å². The Balaban J connectivity index is 1.51. The number of thioether (sulfide) groups is 1. The van der Waals surface area contributed by atoms with Crippen LogP contribution in [0.1, 0.15) is 25.8 Å². The number of para-hydroxylation sites is 2. The summed E-state index contributed by atoms with van der Waals surface area (Å²) >= 11 is 1.61. The van der Waals surface area contributed by atoms with E-state index in [0.29, 0.717) is 25.1 Å². The molecule has 0 unspecified atom stereocenters. The zero-order valence-electron chi connectivity index (χ0n) is 16.9. The fourth-order valence-electron chi connectivity index (χ4n) is 3.79. The molecule has 1 fully saturated rings. The number of carbonyl (C=O) groups is 1. The number of aromatic nitrogens is 2. The second-order valence-corrected chi connectivity index (χ2v) is 9.18. The second-order valence-electron chi connectivity index (χ2n) is 7.89. The number of likely N-dealkylation sites (tertiary alicyclic amines) is 1. The van der Waals surface area contributed by atoms with Crippen LogP contribution >= 0.6 is 11.8 Å². The summed E-state index contributed by atoms with van der Waals surface area (Å²) in [6.07, 6.45) is 0.657. The Labute approximate surface area is 178 Å². The first-order valence-electron chi connectivity index (χ1n) is 9.99. The summed E-state index contributed by atoms with van der Waals surface area (Å²) in [5.41, 5.74) is 2.53. The summed E-state index contributed by atoms with van der Waals surface area (Å²) in [5.74, 6) is -1.78. The third kappa shape index (κ3) is 4.65. The van der Waals surface area contributed by atoms with E-state index in [1.165, 1.54) is 6.07 Å². The Morgan fingerprint density at radius 3 is 2.80 bits per heavy atom. The van der Waals surface area contributed by atoms with E-state index in [1.807, 2.05) is 43.0 Å². The Hall–Kier alpha value is -2.45. The lowest BCUT2D eigenvalue weighted by Crippen LogP contribution is -2.45. The van der Waals surface area contributed by atoms with Gasteiger partial charge in [-0.1, -0.05) is 30.0 Å². The number of imidazole rings is 1. The summed E-state index contributed by atoms with van der Waals surface area (Å²) in [7, 11) is 0. The van der Waals surface area contributed by atoms with E-state index < -0.39 is 11.6 Å². The van der Waals surface area contributed by atoms with Crippen molar-refractivity contribution in [2.45, 2.75) is 49.3 Å². The van der Waals surface area contributed by atoms with Crippen molar-refractivity contribution in [3.05, 3.63) is 59.7 Å². The monoisotopic (exact) mass is 430 g/mol. The number of amides is 1. The van der Waals surface area contributed by atoms with Crippen molar-refractivity contribution in [1.29, 1.82) is 0 Å². The van der Waals surface area contributed by atoms with Crippen LogP contribution in [0.15, 0.2) is 47.6 Å². The molecule has 0 radical (unpaired) electrons. The van der Waals surface area contributed by atoms with Gasteiger partial charge in [-0.15, -0.1) is 0 Å². The molecule has 0 aliphatic carbocycles. The summed E-state index contributed by atoms with van der Waals surface area (Å²) < 4.78 is 26.9. The Kier molecular flexibility index (Phi) is 6.06. The fourth-order valence-corrected chi connectivity index (χ4v) is 4.97. The first-order valence-corrected chi connectivity index (χ1v) is 10.9. The average Bonchev–Trinajstić information content (AvgIpc) is 3.27. The van der Waals surface area contributed by atoms with E-state index in [4.69, 9.17) is 0 Å². The standard InChI is InChI=1S/C22H24F2N4OS/c1-13(2)25-21(29)20-10-15(30-22-26-18-5-3-4-6-19(18)27-22)12-28(20)11-14-7-8-16(23)17(24)9-14/h3-9,13,15,20H,10-12H2,1-2H3,(H,25,29)(H,26,27)/t15-,20-/m0/s1. The number of carbonyl (C=O) groups excluding carboxylic acids is 1. The van der Waals surface area contributed by atoms with Gasteiger partial charge in [0.25, 0.3) is 0 Å². The minimum Gasteiger partial charge on any atom is -0.353 e. The van der Waals surface area contributed by atoms with Gasteiger partial charge in [0.1, 0.15) is 0 Å². The minimum absolute atomic E-state index is 0.0321. The van der Waals surface area contributed by atoms with Gasteiger partial charge >= 0.3 is 0 Å². The molecule has 158 valence electrons. The molecule has 2 heterocycles. The number of nitrogens with zero attached hydrogens (tertiary/aromatic N) is 2. The maximum absolute atomic E-state index is 13.7. The molecule has 1 saturated heterocycles. The Bertz CT molecular complexity index is 1020. The molecule has 0 bridgehead atoms. The van der Waals surface area contributed by atoms with Gasteiger partial charge in [0.2, 0.25) is 5.91 Å². The van der Waals surface area contributed by atoms with Crippen LogP contribution in [-0.4, -0.2) is 44.7 Å². The van der Waals surface area contributed by atoms with Crippen LogP contribution in [0.3, 0.4) is 0 Å². The normalized spacial score (nSPS) is 19.6. The number of fused-ring (bicyclic) bond motifs is 1. The van der Waals surface area contributed by atoms with E-state index in [0.717, 1.165) is 22.3 Å². The zero-order chi connectivity index (χ0) is 21.3. The molecule has 1 aliphatic heterocycles. The van der Waals surface area contributed by atoms with Crippen molar-refractivity contribution in [3.8, 4) is 0 Å². The lowest BCUT2D eigenvalue weighted by atomic mass is 10.1. The zero-order valence-corrected chi connectivity index (χ0v) is 17.7. The molecule has 4 rings (SSSR count). The first-order chi connectivity index (χ1) is 14.4. The largest absolute Gasteiger partial charge is 0.353 e. The van der Waals surface area contributed by atoms with Gasteiger partial charge in [-0.25, -0.2) is 13.8 Å². The van der Waals surface area contributed by atoms with E-state index in [1.54, 1.807) is 17.8 Å². The summed E-state index contributed by atoms with van der Waals surface area (Å²) in [6, 6.07) is 11.4. The highest BCUT2D eigenvalue weighted by Crippen LogP contribution is 2.33. The highest BCUT2D eigenvalue weighted by atomic mass is 32.2. The van der Waals surface area contributed by atoms with Crippen molar-refractivity contribution in [2.24, 2.45) is 0 Å². The van der Waals surface area contributed by atoms with Gasteiger partial charge in [0.15, 0.2) is 16.8 Å². The van der Waals surface area contributed by atoms with Crippen LogP contribution in [0.4, 0.5) is 8.78 Å². The quantitative estimate of drug-likeness (QED) is 0.618. The van der Waals surface area contributed by atoms with Gasteiger partial charge in [-0.3, -0.25) is 9.69 Å². The van der Waals surface area contributed by atoms with Crippen LogP contribution in [0.2, 0.25) is 0 Å². The van der Waals surface area contributed by atoms with Crippen molar-refractivity contribution in [2.75, 3.05) is 6.54 Å². The van der Waals surface area contributed by atoms with Crippen LogP contribution in [-0.2, 0) is 11.3 Å². The van der Waals surface area contributed by atoms with Gasteiger partial charge in [0.05, 0.1) is 17.1 Å². The highest BCUT2D eigenvalue weighted by Gasteiger charge is 2.37. The number of halogens is 2. The molecule has 3 aromatic rings. The molecule has 2 aromatic carbocycles. The number of hydrogen-bond acceptors (Lipinski definition) is 4. The Morgan fingerprint density at radius 1 is 1.27 bits per heavy atom. The third-order valence-electron chi connectivity index (χ3n) is 5.11. The first kappa shape index (κ1) is 20.8. The fraction of sp³-hybridized carbons (Fsp3) is 0.364. The SMILES string of the molecule is CC(C)NC(=O)[C@@H]1C[C@H](Sc2nc3ccccc3[nH]2)CN1Cc1ccc(F)c(F)c1. The molecule has 1 aliphatic rings. The maximum Gasteiger partial charge on any atom is 0.237 e. The van der Waals surface area contributed by atoms with Crippen molar-refractivity contribution >= 4 is 28.7 Å². The van der Waals surface area contributed by atoms with E-state index in [2.05, 4.69) is 15.3 Å². The Morgan fingerprint density at radius 2 is 2.07 bits per heavy atom. The molecule has 1 aromatic heterocycles. The van der Waals surface area contributed by atoms with E-state index >= 15 is 0 Å². The number of nitrogens with one attached hydrogen (secondary N) is 2. The van der Waals surface area contributed by atoms with Crippen LogP contribution in [0.25, 0.3) is 11.0 Å². The topological polar surface area (TPSA) is 61.0 Å². The minimum atomic E-state index is -0.872. The van der Waals surface area contributed by atoms with Crippen LogP contribution < -0.4 is 5.32 Å². The third-order valence-corrected chi connectivity index (χ3v) is 6.21. The molecule has 1 amide bonds. The van der Waals surface area contributed by atoms with Gasteiger partial charge in [-0.05, 0) is 50.1 Å². The molecule has 30 heavy (non-hydrogen) atoms. The number of benzene rings is 2. The molecular formula is C22H24F2N4OS. The van der Waals surface area contributed by atoms with Gasteiger partial charge in [-0.2, -0.15) is 0 Å². The summed E-state index contributed by atoms with van der Waals surface area (Å²) in [5, 5.41) is 3.95. The van der Waals surface area contributed by atoms with Crippen LogP contribution in [0, 0.1) is 11.6 Å². The van der Waals surface area contributed by atoms with Gasteiger partial charge < -0.3 is 10.3 Å². The molecular weight excluding hydrogens is 406 g/mol. The highest BCUT2D eigenvalue weighted by molar-refractivity contribution is 7.99. The van der Waals surface area contributed by atoms with Crippen LogP contribution in [0.5, 0.6) is 0 Å². The van der Waals surface area contributed by atoms with Gasteiger partial charge in [0, 0.05) is 24.4 Å². The molecule has 0 saturated carbocycles. The molecule has 2 N–H and O–H groups in total. The number of rotatable bonds is 6. The molecule has 0 spiro atoms. The van der Waals surface area contributed by atoms with Crippen molar-refractivity contribution < 1.29 is 13.6 Å². The van der Waals surface area contributed by atoms with Crippen molar-refractivity contribution in [1.82, 2.24) is 20.2 Å². The predicted octanol–water partition coefficient (Wildman–Crippen LogP) is 4.10. The van der Waals surface area contributed by atoms with E-state index in [9.17, 15) is 13.6 Å². The molecule has 5 nitrogen and oxygen atoms in total. The van der Waals surface area contributed by atoms with Crippen molar-refractivity contribution in [3.63, 3.8) is 0 Å². The predicted molar refractivity (Wildman–Crippen MR) is 114 cm³/mol. The number of hydrogen-bond donors (Lipinski definition) is 2. The lowest BCUT2D eigenvalue weighted by molar-refractivity contribution is -0.126. The smallest absolute Gasteiger partial charge is 0.237 e. The lowest BCUT2D eigenvalue weighted by Gasteiger charge is -2.24. The summed E-state index contributed by atoms with van der Waals surface area (Å²) in [6.45, 7) is 4.88. The molecule has 8 heteroatoms. The number of H-pyrrole nitrogens is 1. The molecule has 2 atom stereocenters. The second kappa shape index (κ2) is 8.73.